The molecule has 0 aliphatic carbocycles. The van der Waals surface area contributed by atoms with E-state index in [1.165, 1.54) is 5.56 Å². The Morgan fingerprint density at radius 1 is 1.00 bits per heavy atom. The van der Waals surface area contributed by atoms with Gasteiger partial charge in [0.05, 0.1) is 22.6 Å². The van der Waals surface area contributed by atoms with E-state index in [0.717, 1.165) is 36.9 Å². The van der Waals surface area contributed by atoms with Gasteiger partial charge in [-0.3, -0.25) is 14.2 Å². The van der Waals surface area contributed by atoms with Crippen LogP contribution in [0.1, 0.15) is 82.8 Å². The van der Waals surface area contributed by atoms with Crippen LogP contribution in [0.3, 0.4) is 0 Å². The number of rotatable bonds is 10. The SMILES string of the molecule is CCCCCCN(C(=O)CC(C)C)C(C)c1nc2ccccc2c(=O)n1-c1ccc(C)c(C)c1. The second-order valence-electron chi connectivity index (χ2n) is 9.82. The Morgan fingerprint density at radius 2 is 1.74 bits per heavy atom. The van der Waals surface area contributed by atoms with E-state index in [1.807, 2.05) is 61.2 Å². The number of nitrogens with zero attached hydrogens (tertiary/aromatic N) is 3. The van der Waals surface area contributed by atoms with E-state index < -0.39 is 0 Å². The lowest BCUT2D eigenvalue weighted by Crippen LogP contribution is -2.38. The molecule has 1 heterocycles. The first-order valence-corrected chi connectivity index (χ1v) is 12.6. The van der Waals surface area contributed by atoms with E-state index >= 15 is 0 Å². The van der Waals surface area contributed by atoms with Gasteiger partial charge in [-0.1, -0.05) is 58.2 Å². The first-order valence-electron chi connectivity index (χ1n) is 12.6. The second kappa shape index (κ2) is 11.5. The monoisotopic (exact) mass is 461 g/mol. The summed E-state index contributed by atoms with van der Waals surface area (Å²) < 4.78 is 1.71. The molecule has 0 saturated heterocycles. The fourth-order valence-electron chi connectivity index (χ4n) is 4.39. The van der Waals surface area contributed by atoms with Crippen LogP contribution in [0, 0.1) is 19.8 Å². The number of hydrogen-bond acceptors (Lipinski definition) is 3. The summed E-state index contributed by atoms with van der Waals surface area (Å²) in [6, 6.07) is 13.2. The van der Waals surface area contributed by atoms with Crippen molar-refractivity contribution in [1.82, 2.24) is 14.5 Å². The largest absolute Gasteiger partial charge is 0.333 e. The maximum atomic E-state index is 13.7. The first kappa shape index (κ1) is 25.7. The number of para-hydroxylation sites is 1. The summed E-state index contributed by atoms with van der Waals surface area (Å²) in [4.78, 5) is 34.0. The normalized spacial score (nSPS) is 12.3. The molecule has 34 heavy (non-hydrogen) atoms. The third kappa shape index (κ3) is 5.75. The van der Waals surface area contributed by atoms with E-state index in [0.29, 0.717) is 29.7 Å². The number of carbonyl (C=O) groups is 1. The van der Waals surface area contributed by atoms with E-state index in [-0.39, 0.29) is 23.4 Å². The van der Waals surface area contributed by atoms with Crippen molar-refractivity contribution in [3.05, 3.63) is 69.8 Å². The van der Waals surface area contributed by atoms with Crippen molar-refractivity contribution in [2.75, 3.05) is 6.54 Å². The summed E-state index contributed by atoms with van der Waals surface area (Å²) in [6.45, 7) is 13.1. The van der Waals surface area contributed by atoms with E-state index in [1.54, 1.807) is 4.57 Å². The van der Waals surface area contributed by atoms with Gasteiger partial charge >= 0.3 is 0 Å². The van der Waals surface area contributed by atoms with Crippen LogP contribution in [0.25, 0.3) is 16.6 Å². The average molecular weight is 462 g/mol. The van der Waals surface area contributed by atoms with Crippen LogP contribution >= 0.6 is 0 Å². The van der Waals surface area contributed by atoms with Gasteiger partial charge in [0.2, 0.25) is 5.91 Å². The molecule has 182 valence electrons. The zero-order valence-electron chi connectivity index (χ0n) is 21.6. The predicted octanol–water partition coefficient (Wildman–Crippen LogP) is 6.52. The van der Waals surface area contributed by atoms with Crippen LogP contribution in [-0.2, 0) is 4.79 Å². The number of carbonyl (C=O) groups excluding carboxylic acids is 1. The Balaban J connectivity index is 2.16. The molecule has 0 saturated carbocycles. The molecule has 0 spiro atoms. The molecule has 1 amide bonds. The van der Waals surface area contributed by atoms with Crippen molar-refractivity contribution in [2.24, 2.45) is 5.92 Å². The van der Waals surface area contributed by atoms with Crippen molar-refractivity contribution >= 4 is 16.8 Å². The minimum atomic E-state index is -0.327. The molecular weight excluding hydrogens is 422 g/mol. The smallest absolute Gasteiger partial charge is 0.266 e. The minimum absolute atomic E-state index is 0.0991. The zero-order valence-corrected chi connectivity index (χ0v) is 21.6. The number of aryl methyl sites for hydroxylation is 2. The number of amides is 1. The summed E-state index contributed by atoms with van der Waals surface area (Å²) in [7, 11) is 0. The van der Waals surface area contributed by atoms with Gasteiger partial charge in [0.1, 0.15) is 5.82 Å². The highest BCUT2D eigenvalue weighted by Crippen LogP contribution is 2.25. The van der Waals surface area contributed by atoms with Crippen molar-refractivity contribution < 1.29 is 4.79 Å². The molecule has 5 nitrogen and oxygen atoms in total. The van der Waals surface area contributed by atoms with E-state index in [4.69, 9.17) is 4.98 Å². The molecule has 3 aromatic rings. The lowest BCUT2D eigenvalue weighted by molar-refractivity contribution is -0.134. The standard InChI is InChI=1S/C29H39N3O2/c1-7-8-9-12-17-31(27(33)18-20(2)3)23(6)28-30-26-14-11-10-13-25(26)29(34)32(28)24-16-15-21(4)22(5)19-24/h10-11,13-16,19-20,23H,7-9,12,17-18H2,1-6H3. The Bertz CT molecular complexity index is 1200. The molecule has 1 atom stereocenters. The lowest BCUT2D eigenvalue weighted by atomic mass is 10.1. The van der Waals surface area contributed by atoms with Gasteiger partial charge in [0.15, 0.2) is 0 Å². The summed E-state index contributed by atoms with van der Waals surface area (Å²) in [5, 5.41) is 0.583. The predicted molar refractivity (Wildman–Crippen MR) is 141 cm³/mol. The van der Waals surface area contributed by atoms with Gasteiger partial charge in [-0.25, -0.2) is 4.98 Å². The number of fused-ring (bicyclic) bond motifs is 1. The van der Waals surface area contributed by atoms with Crippen molar-refractivity contribution in [3.8, 4) is 5.69 Å². The van der Waals surface area contributed by atoms with Crippen LogP contribution in [0.2, 0.25) is 0 Å². The van der Waals surface area contributed by atoms with Crippen LogP contribution in [0.15, 0.2) is 47.3 Å². The Kier molecular flexibility index (Phi) is 8.65. The molecule has 0 N–H and O–H groups in total. The fourth-order valence-corrected chi connectivity index (χ4v) is 4.39. The van der Waals surface area contributed by atoms with Crippen LogP contribution in [0.4, 0.5) is 0 Å². The Morgan fingerprint density at radius 3 is 2.41 bits per heavy atom. The second-order valence-corrected chi connectivity index (χ2v) is 9.82. The minimum Gasteiger partial charge on any atom is -0.333 e. The topological polar surface area (TPSA) is 55.2 Å². The average Bonchev–Trinajstić information content (AvgIpc) is 2.80. The maximum absolute atomic E-state index is 13.7. The highest BCUT2D eigenvalue weighted by atomic mass is 16.2. The molecule has 2 aromatic carbocycles. The molecule has 3 rings (SSSR count). The highest BCUT2D eigenvalue weighted by Gasteiger charge is 2.27. The molecule has 0 radical (unpaired) electrons. The van der Waals surface area contributed by atoms with Gasteiger partial charge in [-0.15, -0.1) is 0 Å². The number of hydrogen-bond donors (Lipinski definition) is 0. The van der Waals surface area contributed by atoms with Crippen molar-refractivity contribution in [2.45, 2.75) is 79.7 Å². The van der Waals surface area contributed by atoms with Crippen molar-refractivity contribution in [3.63, 3.8) is 0 Å². The van der Waals surface area contributed by atoms with Gasteiger partial charge in [-0.05, 0) is 68.5 Å². The lowest BCUT2D eigenvalue weighted by Gasteiger charge is -2.31. The van der Waals surface area contributed by atoms with Gasteiger partial charge in [0.25, 0.3) is 5.56 Å². The molecular formula is C29H39N3O2. The summed E-state index contributed by atoms with van der Waals surface area (Å²) in [5.41, 5.74) is 3.64. The third-order valence-corrected chi connectivity index (χ3v) is 6.55. The van der Waals surface area contributed by atoms with Crippen LogP contribution < -0.4 is 5.56 Å². The molecule has 1 aromatic heterocycles. The van der Waals surface area contributed by atoms with E-state index in [2.05, 4.69) is 27.7 Å². The quantitative estimate of drug-likeness (QED) is 0.323. The van der Waals surface area contributed by atoms with Gasteiger partial charge in [0, 0.05) is 13.0 Å². The molecule has 0 aliphatic heterocycles. The Hall–Kier alpha value is -2.95. The van der Waals surface area contributed by atoms with E-state index in [9.17, 15) is 9.59 Å². The molecule has 0 aliphatic rings. The molecule has 0 fully saturated rings. The molecule has 5 heteroatoms. The van der Waals surface area contributed by atoms with Gasteiger partial charge in [-0.2, -0.15) is 0 Å². The number of benzene rings is 2. The molecule has 1 unspecified atom stereocenters. The van der Waals surface area contributed by atoms with Crippen LogP contribution in [0.5, 0.6) is 0 Å². The maximum Gasteiger partial charge on any atom is 0.266 e. The van der Waals surface area contributed by atoms with Gasteiger partial charge < -0.3 is 4.90 Å². The fraction of sp³-hybridized carbons (Fsp3) is 0.483. The number of unbranched alkanes of at least 4 members (excludes halogenated alkanes) is 3. The zero-order chi connectivity index (χ0) is 24.8. The number of aromatic nitrogens is 2. The third-order valence-electron chi connectivity index (χ3n) is 6.55. The summed E-state index contributed by atoms with van der Waals surface area (Å²) in [5.74, 6) is 0.997. The first-order chi connectivity index (χ1) is 16.2. The summed E-state index contributed by atoms with van der Waals surface area (Å²) >= 11 is 0. The van der Waals surface area contributed by atoms with Crippen LogP contribution in [-0.4, -0.2) is 26.9 Å². The highest BCUT2D eigenvalue weighted by molar-refractivity contribution is 5.79. The van der Waals surface area contributed by atoms with Crippen molar-refractivity contribution in [1.29, 1.82) is 0 Å². The summed E-state index contributed by atoms with van der Waals surface area (Å²) in [6.07, 6.45) is 4.82. The Labute approximate surface area is 203 Å². The molecule has 0 bridgehead atoms.